The van der Waals surface area contributed by atoms with Gasteiger partial charge in [0.2, 0.25) is 10.0 Å². The molecular formula is C23H34N4O2S+2. The maximum Gasteiger partial charge on any atom is 0.274 e. The fraction of sp³-hybridized carbons (Fsp3) is 0.522. The van der Waals surface area contributed by atoms with Crippen molar-refractivity contribution in [3.63, 3.8) is 0 Å². The van der Waals surface area contributed by atoms with Gasteiger partial charge in [0.1, 0.15) is 43.8 Å². The van der Waals surface area contributed by atoms with E-state index in [0.29, 0.717) is 23.9 Å². The second-order valence-corrected chi connectivity index (χ2v) is 10.8. The van der Waals surface area contributed by atoms with Crippen molar-refractivity contribution in [1.82, 2.24) is 4.31 Å². The van der Waals surface area contributed by atoms with Gasteiger partial charge in [-0.1, -0.05) is 38.1 Å². The molecule has 0 saturated carbocycles. The first-order chi connectivity index (χ1) is 14.4. The van der Waals surface area contributed by atoms with Crippen LogP contribution in [-0.4, -0.2) is 52.0 Å². The molecule has 2 aromatic rings. The van der Waals surface area contributed by atoms with Gasteiger partial charge in [0.15, 0.2) is 0 Å². The lowest BCUT2D eigenvalue weighted by molar-refractivity contribution is -0.914. The molecule has 2 saturated heterocycles. The normalized spacial score (nSPS) is 19.0. The molecule has 2 aliphatic heterocycles. The van der Waals surface area contributed by atoms with Gasteiger partial charge in [-0.05, 0) is 30.4 Å². The quantitative estimate of drug-likeness (QED) is 0.752. The second-order valence-electron chi connectivity index (χ2n) is 8.83. The lowest BCUT2D eigenvalue weighted by Gasteiger charge is -2.28. The summed E-state index contributed by atoms with van der Waals surface area (Å²) in [5.41, 5.74) is 2.79. The van der Waals surface area contributed by atoms with Crippen molar-refractivity contribution in [2.45, 2.75) is 44.0 Å². The third-order valence-corrected chi connectivity index (χ3v) is 8.28. The van der Waals surface area contributed by atoms with E-state index in [1.54, 1.807) is 21.5 Å². The zero-order valence-corrected chi connectivity index (χ0v) is 18.9. The van der Waals surface area contributed by atoms with Gasteiger partial charge in [-0.2, -0.15) is 4.31 Å². The van der Waals surface area contributed by atoms with E-state index in [1.165, 1.54) is 11.1 Å². The Labute approximate surface area is 180 Å². The monoisotopic (exact) mass is 430 g/mol. The van der Waals surface area contributed by atoms with Gasteiger partial charge in [0.25, 0.3) is 5.82 Å². The number of quaternary nitrogens is 1. The van der Waals surface area contributed by atoms with Crippen molar-refractivity contribution in [3.05, 3.63) is 53.7 Å². The van der Waals surface area contributed by atoms with Gasteiger partial charge in [0, 0.05) is 24.7 Å². The number of benzene rings is 1. The third kappa shape index (κ3) is 4.68. The van der Waals surface area contributed by atoms with E-state index in [9.17, 15) is 8.42 Å². The molecule has 2 N–H and O–H groups in total. The van der Waals surface area contributed by atoms with E-state index < -0.39 is 10.0 Å². The average Bonchev–Trinajstić information content (AvgIpc) is 3.31. The van der Waals surface area contributed by atoms with Crippen molar-refractivity contribution in [2.24, 2.45) is 0 Å². The number of aromatic amines is 1. The summed E-state index contributed by atoms with van der Waals surface area (Å²) in [6, 6.07) is 12.7. The Balaban J connectivity index is 1.32. The molecule has 6 nitrogen and oxygen atoms in total. The topological polar surface area (TPSA) is 59.2 Å². The molecule has 3 heterocycles. The van der Waals surface area contributed by atoms with Crippen molar-refractivity contribution < 1.29 is 18.3 Å². The summed E-state index contributed by atoms with van der Waals surface area (Å²) in [6.45, 7) is 10.9. The summed E-state index contributed by atoms with van der Waals surface area (Å²) in [5, 5.41) is 0. The fourth-order valence-electron chi connectivity index (χ4n) is 4.39. The second kappa shape index (κ2) is 9.04. The molecule has 0 unspecified atom stereocenters. The molecule has 4 rings (SSSR count). The van der Waals surface area contributed by atoms with Gasteiger partial charge < -0.3 is 4.90 Å². The number of piperazine rings is 1. The highest BCUT2D eigenvalue weighted by atomic mass is 32.2. The number of hydrogen-bond acceptors (Lipinski definition) is 3. The zero-order chi connectivity index (χ0) is 21.1. The standard InChI is InChI=1S/C23H32N4O2S/c1-19(2)21-7-5-20(6-8-21)18-25-13-15-26(16-14-25)23-10-9-22(17-24-23)30(28,29)27-11-3-4-12-27/h5-10,17,19H,3-4,11-16,18H2,1-2H3/p+2. The molecular weight excluding hydrogens is 396 g/mol. The van der Waals surface area contributed by atoms with Gasteiger partial charge in [-0.3, -0.25) is 4.90 Å². The predicted molar refractivity (Wildman–Crippen MR) is 118 cm³/mol. The zero-order valence-electron chi connectivity index (χ0n) is 18.1. The minimum Gasteiger partial charge on any atom is -0.325 e. The number of aromatic nitrogens is 1. The van der Waals surface area contributed by atoms with Crippen LogP contribution in [-0.2, 0) is 16.6 Å². The Bertz CT molecular complexity index is 928. The summed E-state index contributed by atoms with van der Waals surface area (Å²) in [4.78, 5) is 7.50. The Morgan fingerprint density at radius 2 is 1.63 bits per heavy atom. The Kier molecular flexibility index (Phi) is 6.41. The average molecular weight is 431 g/mol. The SMILES string of the molecule is CC(C)c1ccc(C[NH+]2CCN(c3ccc(S(=O)(=O)N4CCCC4)c[nH+]3)CC2)cc1. The molecule has 0 aliphatic carbocycles. The number of H-pyrrole nitrogens is 1. The molecule has 0 radical (unpaired) electrons. The fourth-order valence-corrected chi connectivity index (χ4v) is 5.87. The predicted octanol–water partition coefficient (Wildman–Crippen LogP) is 1.31. The van der Waals surface area contributed by atoms with E-state index in [4.69, 9.17) is 0 Å². The highest BCUT2D eigenvalue weighted by molar-refractivity contribution is 7.89. The van der Waals surface area contributed by atoms with Gasteiger partial charge in [-0.25, -0.2) is 13.4 Å². The molecule has 2 fully saturated rings. The molecule has 1 aromatic carbocycles. The lowest BCUT2D eigenvalue weighted by atomic mass is 10.0. The first-order valence-electron chi connectivity index (χ1n) is 11.1. The highest BCUT2D eigenvalue weighted by Crippen LogP contribution is 2.20. The first-order valence-corrected chi connectivity index (χ1v) is 12.6. The number of rotatable bonds is 6. The smallest absolute Gasteiger partial charge is 0.274 e. The van der Waals surface area contributed by atoms with E-state index >= 15 is 0 Å². The van der Waals surface area contributed by atoms with Crippen molar-refractivity contribution >= 4 is 15.8 Å². The molecule has 162 valence electrons. The maximum atomic E-state index is 12.7. The summed E-state index contributed by atoms with van der Waals surface area (Å²) in [6.07, 6.45) is 3.56. The van der Waals surface area contributed by atoms with Crippen LogP contribution in [0.15, 0.2) is 47.5 Å². The van der Waals surface area contributed by atoms with Gasteiger partial charge >= 0.3 is 0 Å². The number of anilines is 1. The molecule has 0 amide bonds. The molecule has 0 atom stereocenters. The van der Waals surface area contributed by atoms with Gasteiger partial charge in [-0.15, -0.1) is 0 Å². The van der Waals surface area contributed by atoms with E-state index in [2.05, 4.69) is 48.0 Å². The van der Waals surface area contributed by atoms with Gasteiger partial charge in [0.05, 0.1) is 0 Å². The van der Waals surface area contributed by atoms with Crippen molar-refractivity contribution in [3.8, 4) is 0 Å². The molecule has 30 heavy (non-hydrogen) atoms. The summed E-state index contributed by atoms with van der Waals surface area (Å²) in [5.74, 6) is 1.57. The largest absolute Gasteiger partial charge is 0.325 e. The molecule has 2 aliphatic rings. The van der Waals surface area contributed by atoms with Crippen LogP contribution in [0, 0.1) is 0 Å². The Hall–Kier alpha value is -1.96. The highest BCUT2D eigenvalue weighted by Gasteiger charge is 2.30. The van der Waals surface area contributed by atoms with Crippen LogP contribution in [0.3, 0.4) is 0 Å². The van der Waals surface area contributed by atoms with Crippen LogP contribution in [0.25, 0.3) is 0 Å². The summed E-state index contributed by atoms with van der Waals surface area (Å²) in [7, 11) is -3.36. The van der Waals surface area contributed by atoms with Crippen LogP contribution in [0.4, 0.5) is 5.82 Å². The molecule has 0 spiro atoms. The number of sulfonamides is 1. The van der Waals surface area contributed by atoms with E-state index in [-0.39, 0.29) is 0 Å². The number of hydrogen-bond donors (Lipinski definition) is 1. The molecule has 1 aromatic heterocycles. The minimum atomic E-state index is -3.36. The van der Waals surface area contributed by atoms with Crippen LogP contribution in [0.1, 0.15) is 43.7 Å². The van der Waals surface area contributed by atoms with Crippen LogP contribution in [0.2, 0.25) is 0 Å². The lowest BCUT2D eigenvalue weighted by Crippen LogP contribution is -3.13. The molecule has 0 bridgehead atoms. The molecule has 7 heteroatoms. The number of nitrogens with zero attached hydrogens (tertiary/aromatic N) is 2. The van der Waals surface area contributed by atoms with Crippen LogP contribution in [0.5, 0.6) is 0 Å². The summed E-state index contributed by atoms with van der Waals surface area (Å²) < 4.78 is 27.0. The number of nitrogens with one attached hydrogen (secondary N) is 2. The van der Waals surface area contributed by atoms with E-state index in [1.807, 2.05) is 6.07 Å². The minimum absolute atomic E-state index is 0.363. The Morgan fingerprint density at radius 3 is 2.20 bits per heavy atom. The number of pyridine rings is 1. The van der Waals surface area contributed by atoms with Crippen molar-refractivity contribution in [2.75, 3.05) is 44.2 Å². The third-order valence-electron chi connectivity index (χ3n) is 6.38. The first kappa shape index (κ1) is 21.3. The van der Waals surface area contributed by atoms with Crippen molar-refractivity contribution in [1.29, 1.82) is 0 Å². The summed E-state index contributed by atoms with van der Waals surface area (Å²) >= 11 is 0. The van der Waals surface area contributed by atoms with E-state index in [0.717, 1.165) is 51.4 Å². The Morgan fingerprint density at radius 1 is 0.967 bits per heavy atom. The van der Waals surface area contributed by atoms with Crippen LogP contribution >= 0.6 is 0 Å². The maximum absolute atomic E-state index is 12.7. The van der Waals surface area contributed by atoms with Crippen LogP contribution < -0.4 is 14.8 Å².